The Morgan fingerprint density at radius 2 is 2.18 bits per heavy atom. The van der Waals surface area contributed by atoms with Crippen LogP contribution in [-0.4, -0.2) is 7.11 Å². The average molecular weight is 347 g/mol. The van der Waals surface area contributed by atoms with Crippen molar-refractivity contribution in [3.05, 3.63) is 25.2 Å². The molecule has 1 aromatic rings. The summed E-state index contributed by atoms with van der Waals surface area (Å²) in [6.45, 7) is 0. The monoisotopic (exact) mass is 346 g/mol. The van der Waals surface area contributed by atoms with Crippen molar-refractivity contribution in [1.82, 2.24) is 0 Å². The molecule has 0 amide bonds. The highest BCUT2D eigenvalue weighted by molar-refractivity contribution is 14.1. The van der Waals surface area contributed by atoms with Crippen molar-refractivity contribution in [1.29, 1.82) is 0 Å². The molecule has 0 fully saturated rings. The van der Waals surface area contributed by atoms with Gasteiger partial charge in [0.05, 0.1) is 16.6 Å². The minimum absolute atomic E-state index is 0.735. The Labute approximate surface area is 92.3 Å². The molecule has 1 aromatic carbocycles. The quantitative estimate of drug-likeness (QED) is 0.556. The van der Waals surface area contributed by atoms with Crippen LogP contribution in [0.3, 0.4) is 0 Å². The Balaban J connectivity index is 3.21. The van der Waals surface area contributed by atoms with Crippen molar-refractivity contribution in [2.75, 3.05) is 7.11 Å². The van der Waals surface area contributed by atoms with E-state index < -0.39 is 0 Å². The van der Waals surface area contributed by atoms with E-state index in [1.54, 1.807) is 7.11 Å². The number of rotatable bonds is 1. The Morgan fingerprint density at radius 3 is 2.73 bits per heavy atom. The molecule has 0 N–H and O–H groups in total. The molecule has 0 aliphatic rings. The molecule has 0 atom stereocenters. The Morgan fingerprint density at radius 1 is 1.55 bits per heavy atom. The summed E-state index contributed by atoms with van der Waals surface area (Å²) in [6.07, 6.45) is 0. The molecular weight excluding hydrogens is 342 g/mol. The van der Waals surface area contributed by atoms with E-state index in [0.717, 1.165) is 18.8 Å². The lowest BCUT2D eigenvalue weighted by Crippen LogP contribution is -1.85. The fraction of sp³-hybridized carbons (Fsp3) is 0.143. The molecule has 0 bridgehead atoms. The molecule has 0 saturated heterocycles. The summed E-state index contributed by atoms with van der Waals surface area (Å²) in [7, 11) is 1.63. The minimum Gasteiger partial charge on any atom is -0.496 e. The van der Waals surface area contributed by atoms with Crippen LogP contribution in [0.1, 0.15) is 0 Å². The molecule has 0 aliphatic heterocycles. The maximum atomic E-state index is 5.85. The number of hydrogen-bond donors (Lipinski definition) is 0. The van der Waals surface area contributed by atoms with Crippen LogP contribution in [0.5, 0.6) is 5.75 Å². The zero-order chi connectivity index (χ0) is 8.43. The molecule has 1 rings (SSSR count). The first-order chi connectivity index (χ1) is 5.15. The standard InChI is InChI=1S/C7H5BrClIO/c1-11-7-3-6(10)5(9)2-4(7)8/h2-3H,1H3. The summed E-state index contributed by atoms with van der Waals surface area (Å²) in [5, 5.41) is 0.735. The third-order valence-corrected chi connectivity index (χ3v) is 3.34. The van der Waals surface area contributed by atoms with E-state index in [0.29, 0.717) is 0 Å². The molecule has 60 valence electrons. The van der Waals surface area contributed by atoms with Gasteiger partial charge in [-0.1, -0.05) is 11.6 Å². The molecule has 0 saturated carbocycles. The van der Waals surface area contributed by atoms with Gasteiger partial charge in [-0.2, -0.15) is 0 Å². The number of hydrogen-bond acceptors (Lipinski definition) is 1. The lowest BCUT2D eigenvalue weighted by Gasteiger charge is -2.04. The number of benzene rings is 1. The van der Waals surface area contributed by atoms with Gasteiger partial charge in [-0.25, -0.2) is 0 Å². The molecule has 0 aromatic heterocycles. The first-order valence-electron chi connectivity index (χ1n) is 2.83. The lowest BCUT2D eigenvalue weighted by atomic mass is 10.3. The van der Waals surface area contributed by atoms with Gasteiger partial charge < -0.3 is 4.74 Å². The van der Waals surface area contributed by atoms with Crippen LogP contribution < -0.4 is 4.74 Å². The smallest absolute Gasteiger partial charge is 0.134 e. The van der Waals surface area contributed by atoms with Crippen molar-refractivity contribution in [3.63, 3.8) is 0 Å². The van der Waals surface area contributed by atoms with Crippen LogP contribution in [0.2, 0.25) is 5.02 Å². The molecular formula is C7H5BrClIO. The van der Waals surface area contributed by atoms with E-state index in [-0.39, 0.29) is 0 Å². The van der Waals surface area contributed by atoms with Crippen LogP contribution in [0.4, 0.5) is 0 Å². The van der Waals surface area contributed by atoms with Gasteiger partial charge >= 0.3 is 0 Å². The molecule has 1 nitrogen and oxygen atoms in total. The van der Waals surface area contributed by atoms with E-state index >= 15 is 0 Å². The van der Waals surface area contributed by atoms with Crippen molar-refractivity contribution in [2.24, 2.45) is 0 Å². The van der Waals surface area contributed by atoms with Crippen LogP contribution >= 0.6 is 50.1 Å². The largest absolute Gasteiger partial charge is 0.496 e. The highest BCUT2D eigenvalue weighted by Crippen LogP contribution is 2.31. The van der Waals surface area contributed by atoms with Crippen molar-refractivity contribution < 1.29 is 4.74 Å². The van der Waals surface area contributed by atoms with Gasteiger partial charge in [0.25, 0.3) is 0 Å². The summed E-state index contributed by atoms with van der Waals surface area (Å²) in [4.78, 5) is 0. The molecule has 4 heteroatoms. The number of methoxy groups -OCH3 is 1. The fourth-order valence-corrected chi connectivity index (χ4v) is 1.90. The Kier molecular flexibility index (Phi) is 3.46. The van der Waals surface area contributed by atoms with Crippen LogP contribution in [-0.2, 0) is 0 Å². The van der Waals surface area contributed by atoms with Crippen LogP contribution in [0.25, 0.3) is 0 Å². The highest BCUT2D eigenvalue weighted by atomic mass is 127. The summed E-state index contributed by atoms with van der Waals surface area (Å²) in [6, 6.07) is 3.70. The normalized spacial score (nSPS) is 9.82. The van der Waals surface area contributed by atoms with Gasteiger partial charge in [0.15, 0.2) is 0 Å². The molecule has 0 spiro atoms. The van der Waals surface area contributed by atoms with Crippen molar-refractivity contribution >= 4 is 50.1 Å². The minimum atomic E-state index is 0.735. The second-order valence-corrected chi connectivity index (χ2v) is 4.32. The Hall–Kier alpha value is 0.520. The SMILES string of the molecule is COc1cc(I)c(Cl)cc1Br. The second-order valence-electron chi connectivity index (χ2n) is 1.90. The topological polar surface area (TPSA) is 9.23 Å². The molecule has 11 heavy (non-hydrogen) atoms. The van der Waals surface area contributed by atoms with Gasteiger partial charge in [-0.3, -0.25) is 0 Å². The van der Waals surface area contributed by atoms with E-state index in [4.69, 9.17) is 16.3 Å². The van der Waals surface area contributed by atoms with Gasteiger partial charge in [-0.05, 0) is 50.7 Å². The molecule has 0 radical (unpaired) electrons. The Bertz CT molecular complexity index is 277. The zero-order valence-electron chi connectivity index (χ0n) is 5.70. The van der Waals surface area contributed by atoms with Crippen molar-refractivity contribution in [3.8, 4) is 5.75 Å². The van der Waals surface area contributed by atoms with Crippen LogP contribution in [0.15, 0.2) is 16.6 Å². The molecule has 0 aliphatic carbocycles. The first-order valence-corrected chi connectivity index (χ1v) is 5.08. The third-order valence-electron chi connectivity index (χ3n) is 1.19. The summed E-state index contributed by atoms with van der Waals surface area (Å²) < 4.78 is 6.94. The van der Waals surface area contributed by atoms with E-state index in [9.17, 15) is 0 Å². The predicted molar refractivity (Wildman–Crippen MR) is 58.4 cm³/mol. The van der Waals surface area contributed by atoms with E-state index in [2.05, 4.69) is 38.5 Å². The fourth-order valence-electron chi connectivity index (χ4n) is 0.661. The zero-order valence-corrected chi connectivity index (χ0v) is 10.2. The summed E-state index contributed by atoms with van der Waals surface area (Å²) in [5.41, 5.74) is 0. The van der Waals surface area contributed by atoms with Gasteiger partial charge in [0.1, 0.15) is 5.75 Å². The molecule has 0 heterocycles. The number of halogens is 3. The second kappa shape index (κ2) is 3.96. The third kappa shape index (κ3) is 2.23. The van der Waals surface area contributed by atoms with E-state index in [1.165, 1.54) is 0 Å². The maximum Gasteiger partial charge on any atom is 0.134 e. The first kappa shape index (κ1) is 9.61. The summed E-state index contributed by atoms with van der Waals surface area (Å²) >= 11 is 11.3. The van der Waals surface area contributed by atoms with Gasteiger partial charge in [-0.15, -0.1) is 0 Å². The lowest BCUT2D eigenvalue weighted by molar-refractivity contribution is 0.412. The van der Waals surface area contributed by atoms with Gasteiger partial charge in [0, 0.05) is 3.57 Å². The maximum absolute atomic E-state index is 5.85. The summed E-state index contributed by atoms with van der Waals surface area (Å²) in [5.74, 6) is 0.804. The molecule has 0 unspecified atom stereocenters. The highest BCUT2D eigenvalue weighted by Gasteiger charge is 2.03. The van der Waals surface area contributed by atoms with E-state index in [1.807, 2.05) is 12.1 Å². The van der Waals surface area contributed by atoms with Crippen molar-refractivity contribution in [2.45, 2.75) is 0 Å². The number of ether oxygens (including phenoxy) is 1. The average Bonchev–Trinajstić information content (AvgIpc) is 1.97. The predicted octanol–water partition coefficient (Wildman–Crippen LogP) is 3.72. The van der Waals surface area contributed by atoms with Gasteiger partial charge in [0.2, 0.25) is 0 Å². The van der Waals surface area contributed by atoms with Crippen LogP contribution in [0, 0.1) is 3.57 Å².